The van der Waals surface area contributed by atoms with Crippen molar-refractivity contribution in [3.05, 3.63) is 18.2 Å². The zero-order valence-electron chi connectivity index (χ0n) is 11.0. The molecule has 1 fully saturated rings. The minimum atomic E-state index is -0.0629. The molecule has 100 valence electrons. The third-order valence-electron chi connectivity index (χ3n) is 3.37. The van der Waals surface area contributed by atoms with E-state index in [1.54, 1.807) is 17.3 Å². The molecule has 0 bridgehead atoms. The molecule has 0 saturated carbocycles. The third-order valence-corrected chi connectivity index (χ3v) is 3.37. The van der Waals surface area contributed by atoms with Gasteiger partial charge in [-0.3, -0.25) is 9.69 Å². The number of likely N-dealkylation sites (N-methyl/N-ethyl adjacent to an activating group) is 1. The number of H-pyrrole nitrogens is 1. The van der Waals surface area contributed by atoms with Crippen LogP contribution in [0.4, 0.5) is 0 Å². The molecule has 0 aromatic carbocycles. The second-order valence-corrected chi connectivity index (χ2v) is 4.69. The molecule has 6 heteroatoms. The van der Waals surface area contributed by atoms with Crippen LogP contribution in [0.15, 0.2) is 12.4 Å². The molecule has 1 aromatic rings. The van der Waals surface area contributed by atoms with Crippen molar-refractivity contribution in [3.63, 3.8) is 0 Å². The van der Waals surface area contributed by atoms with Gasteiger partial charge in [-0.2, -0.15) is 0 Å². The Bertz CT molecular complexity index is 372. The van der Waals surface area contributed by atoms with E-state index in [0.717, 1.165) is 32.0 Å². The maximum Gasteiger partial charge on any atom is 0.239 e. The first-order valence-corrected chi connectivity index (χ1v) is 6.36. The van der Waals surface area contributed by atoms with Gasteiger partial charge in [0.25, 0.3) is 0 Å². The summed E-state index contributed by atoms with van der Waals surface area (Å²) in [6.07, 6.45) is 3.47. The number of piperazine rings is 1. The summed E-state index contributed by atoms with van der Waals surface area (Å²) in [5.74, 6) is 0.965. The number of hydrogen-bond donors (Lipinski definition) is 2. The molecule has 1 saturated heterocycles. The largest absolute Gasteiger partial charge is 0.347 e. The van der Waals surface area contributed by atoms with E-state index in [9.17, 15) is 4.79 Å². The second-order valence-electron chi connectivity index (χ2n) is 4.69. The van der Waals surface area contributed by atoms with E-state index < -0.39 is 0 Å². The summed E-state index contributed by atoms with van der Waals surface area (Å²) in [5, 5.41) is 3.29. The lowest BCUT2D eigenvalue weighted by molar-refractivity contribution is -0.136. The summed E-state index contributed by atoms with van der Waals surface area (Å²) in [4.78, 5) is 23.4. The van der Waals surface area contributed by atoms with Gasteiger partial charge in [0, 0.05) is 45.6 Å². The maximum atomic E-state index is 12.3. The van der Waals surface area contributed by atoms with E-state index in [1.165, 1.54) is 0 Å². The monoisotopic (exact) mass is 251 g/mol. The first-order chi connectivity index (χ1) is 8.68. The zero-order chi connectivity index (χ0) is 13.0. The highest BCUT2D eigenvalue weighted by molar-refractivity contribution is 5.81. The van der Waals surface area contributed by atoms with Gasteiger partial charge in [0.1, 0.15) is 5.82 Å². The molecule has 1 aromatic heterocycles. The SMILES string of the molecule is CC(C(=O)N(C)Cc1ncc[nH]1)N1CCNCC1. The highest BCUT2D eigenvalue weighted by atomic mass is 16.2. The number of nitrogens with zero attached hydrogens (tertiary/aromatic N) is 3. The molecule has 18 heavy (non-hydrogen) atoms. The van der Waals surface area contributed by atoms with E-state index in [-0.39, 0.29) is 11.9 Å². The zero-order valence-corrected chi connectivity index (χ0v) is 11.0. The van der Waals surface area contributed by atoms with E-state index in [2.05, 4.69) is 20.2 Å². The van der Waals surface area contributed by atoms with Crippen LogP contribution in [-0.2, 0) is 11.3 Å². The smallest absolute Gasteiger partial charge is 0.239 e. The average Bonchev–Trinajstić information content (AvgIpc) is 2.91. The van der Waals surface area contributed by atoms with Crippen molar-refractivity contribution < 1.29 is 4.79 Å². The second kappa shape index (κ2) is 5.97. The standard InChI is InChI=1S/C12H21N5O/c1-10(17-7-5-13-6-8-17)12(18)16(2)9-11-14-3-4-15-11/h3-4,10,13H,5-9H2,1-2H3,(H,14,15). The normalized spacial score (nSPS) is 18.6. The number of aromatic amines is 1. The molecule has 6 nitrogen and oxygen atoms in total. The van der Waals surface area contributed by atoms with Crippen LogP contribution >= 0.6 is 0 Å². The summed E-state index contributed by atoms with van der Waals surface area (Å²) >= 11 is 0. The van der Waals surface area contributed by atoms with Gasteiger partial charge in [0.15, 0.2) is 0 Å². The van der Waals surface area contributed by atoms with Crippen molar-refractivity contribution in [2.24, 2.45) is 0 Å². The molecule has 1 unspecified atom stereocenters. The Balaban J connectivity index is 1.88. The Morgan fingerprint density at radius 3 is 2.89 bits per heavy atom. The number of imidazole rings is 1. The van der Waals surface area contributed by atoms with Crippen molar-refractivity contribution in [1.29, 1.82) is 0 Å². The summed E-state index contributed by atoms with van der Waals surface area (Å²) in [7, 11) is 1.82. The number of carbonyl (C=O) groups is 1. The Morgan fingerprint density at radius 2 is 2.28 bits per heavy atom. The lowest BCUT2D eigenvalue weighted by Gasteiger charge is -2.33. The van der Waals surface area contributed by atoms with Gasteiger partial charge >= 0.3 is 0 Å². The predicted molar refractivity (Wildman–Crippen MR) is 69.0 cm³/mol. The van der Waals surface area contributed by atoms with Gasteiger partial charge < -0.3 is 15.2 Å². The van der Waals surface area contributed by atoms with E-state index >= 15 is 0 Å². The van der Waals surface area contributed by atoms with E-state index in [1.807, 2.05) is 14.0 Å². The number of nitrogens with one attached hydrogen (secondary N) is 2. The number of rotatable bonds is 4. The Hall–Kier alpha value is -1.40. The van der Waals surface area contributed by atoms with Gasteiger partial charge in [-0.25, -0.2) is 4.98 Å². The molecule has 1 aliphatic heterocycles. The molecule has 2 heterocycles. The topological polar surface area (TPSA) is 64.3 Å². The number of amides is 1. The van der Waals surface area contributed by atoms with Crippen LogP contribution in [0, 0.1) is 0 Å². The lowest BCUT2D eigenvalue weighted by atomic mass is 10.2. The van der Waals surface area contributed by atoms with Crippen molar-refractivity contribution in [2.75, 3.05) is 33.2 Å². The Labute approximate surface area is 107 Å². The van der Waals surface area contributed by atoms with Crippen molar-refractivity contribution in [2.45, 2.75) is 19.5 Å². The van der Waals surface area contributed by atoms with Crippen LogP contribution in [0.5, 0.6) is 0 Å². The molecule has 2 rings (SSSR count). The minimum absolute atomic E-state index is 0.0629. The van der Waals surface area contributed by atoms with Crippen LogP contribution in [-0.4, -0.2) is 64.9 Å². The van der Waals surface area contributed by atoms with E-state index in [0.29, 0.717) is 6.54 Å². The summed E-state index contributed by atoms with van der Waals surface area (Å²) < 4.78 is 0. The maximum absolute atomic E-state index is 12.3. The lowest BCUT2D eigenvalue weighted by Crippen LogP contribution is -2.52. The molecule has 0 aliphatic carbocycles. The summed E-state index contributed by atoms with van der Waals surface area (Å²) in [6, 6.07) is -0.0629. The number of aromatic nitrogens is 2. The van der Waals surface area contributed by atoms with Crippen LogP contribution in [0.2, 0.25) is 0 Å². The van der Waals surface area contributed by atoms with Crippen LogP contribution in [0.3, 0.4) is 0 Å². The average molecular weight is 251 g/mol. The third kappa shape index (κ3) is 3.08. The minimum Gasteiger partial charge on any atom is -0.347 e. The summed E-state index contributed by atoms with van der Waals surface area (Å²) in [5.41, 5.74) is 0. The van der Waals surface area contributed by atoms with E-state index in [4.69, 9.17) is 0 Å². The first-order valence-electron chi connectivity index (χ1n) is 6.36. The molecular formula is C12H21N5O. The number of carbonyl (C=O) groups excluding carboxylic acids is 1. The molecule has 1 aliphatic rings. The quantitative estimate of drug-likeness (QED) is 0.768. The van der Waals surface area contributed by atoms with Crippen LogP contribution in [0.1, 0.15) is 12.7 Å². The molecule has 2 N–H and O–H groups in total. The first kappa shape index (κ1) is 13.0. The summed E-state index contributed by atoms with van der Waals surface area (Å²) in [6.45, 7) is 6.29. The van der Waals surface area contributed by atoms with Crippen LogP contribution in [0.25, 0.3) is 0 Å². The van der Waals surface area contributed by atoms with Crippen molar-refractivity contribution in [3.8, 4) is 0 Å². The molecule has 0 radical (unpaired) electrons. The van der Waals surface area contributed by atoms with Crippen molar-refractivity contribution >= 4 is 5.91 Å². The molecule has 1 amide bonds. The Kier molecular flexibility index (Phi) is 4.33. The van der Waals surface area contributed by atoms with Gasteiger partial charge in [0.2, 0.25) is 5.91 Å². The molecular weight excluding hydrogens is 230 g/mol. The highest BCUT2D eigenvalue weighted by Gasteiger charge is 2.25. The fraction of sp³-hybridized carbons (Fsp3) is 0.667. The van der Waals surface area contributed by atoms with Gasteiger partial charge in [-0.05, 0) is 6.92 Å². The molecule has 1 atom stereocenters. The van der Waals surface area contributed by atoms with Gasteiger partial charge in [-0.1, -0.05) is 0 Å². The number of hydrogen-bond acceptors (Lipinski definition) is 4. The van der Waals surface area contributed by atoms with Gasteiger partial charge in [0.05, 0.1) is 12.6 Å². The van der Waals surface area contributed by atoms with Crippen LogP contribution < -0.4 is 5.32 Å². The highest BCUT2D eigenvalue weighted by Crippen LogP contribution is 2.06. The van der Waals surface area contributed by atoms with Gasteiger partial charge in [-0.15, -0.1) is 0 Å². The molecule has 0 spiro atoms. The fourth-order valence-electron chi connectivity index (χ4n) is 2.23. The van der Waals surface area contributed by atoms with Crippen molar-refractivity contribution in [1.82, 2.24) is 25.1 Å². The Morgan fingerprint density at radius 1 is 1.56 bits per heavy atom. The predicted octanol–water partition coefficient (Wildman–Crippen LogP) is -0.338. The fourth-order valence-corrected chi connectivity index (χ4v) is 2.23.